The van der Waals surface area contributed by atoms with Gasteiger partial charge >= 0.3 is 6.09 Å². The zero-order valence-corrected chi connectivity index (χ0v) is 16.3. The van der Waals surface area contributed by atoms with E-state index in [9.17, 15) is 9.90 Å². The van der Waals surface area contributed by atoms with Crippen molar-refractivity contribution in [3.05, 3.63) is 53.0 Å². The molecule has 2 aromatic carbocycles. The smallest absolute Gasteiger partial charge is 0.407 e. The minimum absolute atomic E-state index is 0.0210. The summed E-state index contributed by atoms with van der Waals surface area (Å²) in [6.45, 7) is 6.85. The molecule has 148 valence electrons. The van der Waals surface area contributed by atoms with Crippen molar-refractivity contribution in [3.8, 4) is 11.1 Å². The number of amides is 1. The second-order valence-electron chi connectivity index (χ2n) is 7.58. The lowest BCUT2D eigenvalue weighted by Crippen LogP contribution is -2.32. The van der Waals surface area contributed by atoms with Gasteiger partial charge in [-0.15, -0.1) is 0 Å². The molecule has 28 heavy (non-hydrogen) atoms. The molecule has 0 fully saturated rings. The summed E-state index contributed by atoms with van der Waals surface area (Å²) in [6, 6.07) is 8.37. The number of carbonyl (C=O) groups excluding carboxylic acids is 1. The van der Waals surface area contributed by atoms with Crippen LogP contribution in [0, 0.1) is 12.7 Å². The van der Waals surface area contributed by atoms with Crippen LogP contribution >= 0.6 is 0 Å². The molecule has 3 aromatic rings. The van der Waals surface area contributed by atoms with Crippen LogP contribution in [0.5, 0.6) is 0 Å². The molecule has 0 saturated heterocycles. The summed E-state index contributed by atoms with van der Waals surface area (Å²) in [7, 11) is 0. The van der Waals surface area contributed by atoms with Crippen LogP contribution in [-0.4, -0.2) is 22.0 Å². The summed E-state index contributed by atoms with van der Waals surface area (Å²) >= 11 is 0. The summed E-state index contributed by atoms with van der Waals surface area (Å²) in [5.74, 6) is -0.482. The first-order valence-corrected chi connectivity index (χ1v) is 8.94. The maximum atomic E-state index is 15.2. The van der Waals surface area contributed by atoms with E-state index < -0.39 is 17.5 Å². The molecule has 3 rings (SSSR count). The Morgan fingerprint density at radius 3 is 2.71 bits per heavy atom. The Hall–Kier alpha value is -2.93. The first kappa shape index (κ1) is 19.8. The number of ether oxygens (including phenoxy) is 1. The largest absolute Gasteiger partial charge is 0.444 e. The second-order valence-corrected chi connectivity index (χ2v) is 7.58. The Morgan fingerprint density at radius 2 is 2.04 bits per heavy atom. The molecule has 0 spiro atoms. The summed E-state index contributed by atoms with van der Waals surface area (Å²) in [5.41, 5.74) is 2.22. The van der Waals surface area contributed by atoms with Crippen molar-refractivity contribution in [1.82, 2.24) is 10.5 Å². The Bertz CT molecular complexity index is 1020. The van der Waals surface area contributed by atoms with Gasteiger partial charge in [-0.1, -0.05) is 23.4 Å². The quantitative estimate of drug-likeness (QED) is 0.692. The monoisotopic (exact) mass is 386 g/mol. The fourth-order valence-corrected chi connectivity index (χ4v) is 2.92. The fraction of sp³-hybridized carbons (Fsp3) is 0.333. The zero-order valence-electron chi connectivity index (χ0n) is 16.3. The third-order valence-corrected chi connectivity index (χ3v) is 4.19. The van der Waals surface area contributed by atoms with E-state index in [0.29, 0.717) is 33.5 Å². The number of aliphatic hydroxyl groups excluding tert-OH is 1. The van der Waals surface area contributed by atoms with Crippen LogP contribution in [0.3, 0.4) is 0 Å². The number of benzene rings is 2. The van der Waals surface area contributed by atoms with Crippen LogP contribution in [0.2, 0.25) is 0 Å². The number of aromatic nitrogens is 1. The summed E-state index contributed by atoms with van der Waals surface area (Å²) in [5, 5.41) is 16.8. The molecule has 1 amide bonds. The number of nitrogens with one attached hydrogen (secondary N) is 1. The van der Waals surface area contributed by atoms with E-state index in [4.69, 9.17) is 9.26 Å². The molecule has 7 heteroatoms. The summed E-state index contributed by atoms with van der Waals surface area (Å²) in [6.07, 6.45) is -0.618. The minimum atomic E-state index is -0.634. The van der Waals surface area contributed by atoms with Gasteiger partial charge in [0, 0.05) is 28.6 Å². The van der Waals surface area contributed by atoms with Gasteiger partial charge in [-0.3, -0.25) is 0 Å². The van der Waals surface area contributed by atoms with Crippen LogP contribution in [0.25, 0.3) is 22.1 Å². The van der Waals surface area contributed by atoms with E-state index in [1.807, 2.05) is 0 Å². The van der Waals surface area contributed by atoms with Gasteiger partial charge in [-0.25, -0.2) is 9.18 Å². The van der Waals surface area contributed by atoms with Crippen molar-refractivity contribution in [3.63, 3.8) is 0 Å². The molecular weight excluding hydrogens is 363 g/mol. The third kappa shape index (κ3) is 4.14. The van der Waals surface area contributed by atoms with E-state index in [1.165, 1.54) is 0 Å². The molecule has 0 radical (unpaired) electrons. The number of aryl methyl sites for hydroxylation is 1. The Kier molecular flexibility index (Phi) is 5.38. The molecule has 1 heterocycles. The molecule has 0 aliphatic rings. The van der Waals surface area contributed by atoms with Crippen molar-refractivity contribution in [2.24, 2.45) is 0 Å². The average molecular weight is 386 g/mol. The Labute approximate surface area is 162 Å². The van der Waals surface area contributed by atoms with Crippen molar-refractivity contribution in [2.45, 2.75) is 46.4 Å². The predicted molar refractivity (Wildman–Crippen MR) is 103 cm³/mol. The lowest BCUT2D eigenvalue weighted by molar-refractivity contribution is 0.0523. The number of fused-ring (bicyclic) bond motifs is 1. The highest BCUT2D eigenvalue weighted by atomic mass is 19.1. The van der Waals surface area contributed by atoms with Gasteiger partial charge in [0.15, 0.2) is 5.58 Å². The topological polar surface area (TPSA) is 84.6 Å². The highest BCUT2D eigenvalue weighted by molar-refractivity contribution is 5.94. The number of hydrogen-bond acceptors (Lipinski definition) is 5. The number of halogens is 1. The minimum Gasteiger partial charge on any atom is -0.444 e. The molecule has 1 aromatic heterocycles. The standard InChI is InChI=1S/C21H23FN2O4/c1-12-16-8-13(11-25)9-17(19(16)28-24-12)15-7-5-6-14(18(15)22)10-23-20(26)27-21(2,3)4/h5-9,25H,10-11H2,1-4H3,(H,23,26). The van der Waals surface area contributed by atoms with E-state index in [0.717, 1.165) is 5.39 Å². The van der Waals surface area contributed by atoms with Gasteiger partial charge in [0.1, 0.15) is 11.4 Å². The van der Waals surface area contributed by atoms with Crippen LogP contribution in [0.4, 0.5) is 9.18 Å². The first-order valence-electron chi connectivity index (χ1n) is 8.94. The van der Waals surface area contributed by atoms with Gasteiger partial charge in [0.2, 0.25) is 0 Å². The van der Waals surface area contributed by atoms with Crippen molar-refractivity contribution >= 4 is 17.1 Å². The predicted octanol–water partition coefficient (Wildman–Crippen LogP) is 4.46. The van der Waals surface area contributed by atoms with Gasteiger partial charge in [0.25, 0.3) is 0 Å². The highest BCUT2D eigenvalue weighted by Gasteiger charge is 2.19. The molecule has 0 aliphatic heterocycles. The summed E-state index contributed by atoms with van der Waals surface area (Å²) < 4.78 is 25.8. The lowest BCUT2D eigenvalue weighted by Gasteiger charge is -2.20. The van der Waals surface area contributed by atoms with Crippen molar-refractivity contribution in [1.29, 1.82) is 0 Å². The number of aliphatic hydroxyl groups is 1. The molecule has 6 nitrogen and oxygen atoms in total. The molecule has 0 bridgehead atoms. The number of nitrogens with zero attached hydrogens (tertiary/aromatic N) is 1. The van der Waals surface area contributed by atoms with E-state index in [-0.39, 0.29) is 13.2 Å². The Morgan fingerprint density at radius 1 is 1.29 bits per heavy atom. The normalized spacial score (nSPS) is 11.6. The summed E-state index contributed by atoms with van der Waals surface area (Å²) in [4.78, 5) is 11.9. The maximum Gasteiger partial charge on any atom is 0.407 e. The Balaban J connectivity index is 1.96. The second kappa shape index (κ2) is 7.59. The SMILES string of the molecule is Cc1noc2c(-c3cccc(CNC(=O)OC(C)(C)C)c3F)cc(CO)cc12. The number of hydrogen-bond donors (Lipinski definition) is 2. The molecular formula is C21H23FN2O4. The van der Waals surface area contributed by atoms with Crippen LogP contribution in [0.15, 0.2) is 34.9 Å². The van der Waals surface area contributed by atoms with Crippen LogP contribution < -0.4 is 5.32 Å². The van der Waals surface area contributed by atoms with Crippen LogP contribution in [-0.2, 0) is 17.9 Å². The van der Waals surface area contributed by atoms with Crippen molar-refractivity contribution < 1.29 is 23.6 Å². The molecule has 0 unspecified atom stereocenters. The third-order valence-electron chi connectivity index (χ3n) is 4.19. The highest BCUT2D eigenvalue weighted by Crippen LogP contribution is 2.34. The van der Waals surface area contributed by atoms with Gasteiger partial charge in [-0.2, -0.15) is 0 Å². The molecule has 0 aliphatic carbocycles. The van der Waals surface area contributed by atoms with Crippen molar-refractivity contribution in [2.75, 3.05) is 0 Å². The average Bonchev–Trinajstić information content (AvgIpc) is 3.00. The fourth-order valence-electron chi connectivity index (χ4n) is 2.92. The van der Waals surface area contributed by atoms with E-state index in [2.05, 4.69) is 10.5 Å². The van der Waals surface area contributed by atoms with Gasteiger partial charge in [0.05, 0.1) is 12.3 Å². The molecule has 0 saturated carbocycles. The van der Waals surface area contributed by atoms with Gasteiger partial charge in [-0.05, 0) is 45.4 Å². The number of carbonyl (C=O) groups is 1. The first-order chi connectivity index (χ1) is 13.2. The lowest BCUT2D eigenvalue weighted by atomic mass is 9.97. The van der Waals surface area contributed by atoms with Gasteiger partial charge < -0.3 is 19.7 Å². The molecule has 2 N–H and O–H groups in total. The van der Waals surface area contributed by atoms with Crippen LogP contribution in [0.1, 0.15) is 37.6 Å². The maximum absolute atomic E-state index is 15.2. The van der Waals surface area contributed by atoms with E-state index >= 15 is 4.39 Å². The number of alkyl carbamates (subject to hydrolysis) is 1. The zero-order chi connectivity index (χ0) is 20.5. The van der Waals surface area contributed by atoms with E-state index in [1.54, 1.807) is 58.0 Å². The molecule has 0 atom stereocenters. The number of rotatable bonds is 4.